The maximum absolute atomic E-state index is 14.2. The number of carbonyl (C=O) groups excluding carboxylic acids is 2. The number of benzene rings is 2. The van der Waals surface area contributed by atoms with Crippen molar-refractivity contribution >= 4 is 29.4 Å². The Morgan fingerprint density at radius 1 is 1.12 bits per heavy atom. The minimum absolute atomic E-state index is 0.130. The standard InChI is InChI=1S/C28H31ClF2N2O9/c29-17-8-6-15(7-9-17)26(38)32-12-20(35)24(37)25-23(33-21(36)10-14-4-5-14)19(34)11-28(42-25,27(39)40)41-13-16-2-1-3-18(30)22(16)31/h1-3,6-9,14,19-20,23-25,34-35,37H,4-5,10-13H2,(H,32,38)(H,33,36)(H,39,40)/t19-,20+,23+,24-,25+,28+/m0/s1. The maximum atomic E-state index is 14.2. The number of carboxylic acid groups (broad SMARTS) is 1. The van der Waals surface area contributed by atoms with Crippen LogP contribution in [0.4, 0.5) is 8.78 Å². The third kappa shape index (κ3) is 7.60. The molecule has 1 saturated heterocycles. The van der Waals surface area contributed by atoms with Crippen LogP contribution in [-0.2, 0) is 25.7 Å². The van der Waals surface area contributed by atoms with Gasteiger partial charge in [0, 0.05) is 35.5 Å². The SMILES string of the molecule is O=C(CC1CC1)N[C@H]1[C@H]([C@@H](O)[C@H](O)CNC(=O)c2ccc(Cl)cc2)O[C@@](OCc2cccc(F)c2F)(C(=O)O)C[C@@H]1O. The van der Waals surface area contributed by atoms with Gasteiger partial charge in [0.1, 0.15) is 12.2 Å². The Morgan fingerprint density at radius 2 is 1.81 bits per heavy atom. The van der Waals surface area contributed by atoms with Gasteiger partial charge in [-0.1, -0.05) is 23.7 Å². The molecule has 1 aliphatic carbocycles. The molecule has 2 aliphatic rings. The maximum Gasteiger partial charge on any atom is 0.364 e. The highest BCUT2D eigenvalue weighted by atomic mass is 35.5. The van der Waals surface area contributed by atoms with Crippen molar-refractivity contribution < 1.29 is 53.1 Å². The van der Waals surface area contributed by atoms with Gasteiger partial charge < -0.3 is 40.5 Å². The number of ether oxygens (including phenoxy) is 2. The van der Waals surface area contributed by atoms with Gasteiger partial charge in [-0.05, 0) is 49.1 Å². The summed E-state index contributed by atoms with van der Waals surface area (Å²) in [5.74, 6) is -7.86. The zero-order chi connectivity index (χ0) is 30.6. The third-order valence-electron chi connectivity index (χ3n) is 7.20. The largest absolute Gasteiger partial charge is 0.477 e. The van der Waals surface area contributed by atoms with E-state index < -0.39 is 85.2 Å². The molecule has 14 heteroatoms. The minimum atomic E-state index is -2.69. The number of aliphatic hydroxyl groups is 3. The van der Waals surface area contributed by atoms with Gasteiger partial charge in [0.25, 0.3) is 11.7 Å². The van der Waals surface area contributed by atoms with Gasteiger partial charge in [-0.2, -0.15) is 0 Å². The zero-order valence-electron chi connectivity index (χ0n) is 22.2. The number of hydrogen-bond acceptors (Lipinski definition) is 8. The number of carboxylic acids is 1. The molecule has 6 atom stereocenters. The molecule has 2 aromatic carbocycles. The first-order valence-corrected chi connectivity index (χ1v) is 13.6. The van der Waals surface area contributed by atoms with E-state index in [1.165, 1.54) is 30.3 Å². The van der Waals surface area contributed by atoms with Crippen molar-refractivity contribution in [3.63, 3.8) is 0 Å². The molecule has 4 rings (SSSR count). The highest BCUT2D eigenvalue weighted by Crippen LogP contribution is 2.36. The second-order valence-corrected chi connectivity index (χ2v) is 10.9. The molecule has 1 saturated carbocycles. The van der Waals surface area contributed by atoms with E-state index in [4.69, 9.17) is 21.1 Å². The van der Waals surface area contributed by atoms with E-state index in [2.05, 4.69) is 10.6 Å². The molecule has 0 bridgehead atoms. The average Bonchev–Trinajstić information content (AvgIpc) is 3.77. The van der Waals surface area contributed by atoms with Crippen LogP contribution in [0.2, 0.25) is 5.02 Å². The van der Waals surface area contributed by atoms with Gasteiger partial charge in [0.2, 0.25) is 5.91 Å². The van der Waals surface area contributed by atoms with Gasteiger partial charge in [0.15, 0.2) is 11.6 Å². The fourth-order valence-corrected chi connectivity index (χ4v) is 4.76. The quantitative estimate of drug-likeness (QED) is 0.208. The van der Waals surface area contributed by atoms with Gasteiger partial charge in [-0.3, -0.25) is 9.59 Å². The lowest BCUT2D eigenvalue weighted by atomic mass is 9.88. The molecule has 0 unspecified atom stereocenters. The van der Waals surface area contributed by atoms with Gasteiger partial charge in [-0.15, -0.1) is 0 Å². The van der Waals surface area contributed by atoms with E-state index in [-0.39, 0.29) is 23.5 Å². The summed E-state index contributed by atoms with van der Waals surface area (Å²) >= 11 is 5.82. The van der Waals surface area contributed by atoms with Crippen molar-refractivity contribution in [2.75, 3.05) is 6.54 Å². The van der Waals surface area contributed by atoms with Gasteiger partial charge >= 0.3 is 5.97 Å². The number of aliphatic hydroxyl groups excluding tert-OH is 3. The first-order valence-electron chi connectivity index (χ1n) is 13.3. The number of halogens is 3. The summed E-state index contributed by atoms with van der Waals surface area (Å²) in [4.78, 5) is 37.5. The van der Waals surface area contributed by atoms with Crippen molar-refractivity contribution in [3.8, 4) is 0 Å². The molecule has 1 aliphatic heterocycles. The average molecular weight is 613 g/mol. The highest BCUT2D eigenvalue weighted by molar-refractivity contribution is 6.30. The number of nitrogens with one attached hydrogen (secondary N) is 2. The first-order chi connectivity index (χ1) is 19.9. The summed E-state index contributed by atoms with van der Waals surface area (Å²) in [5.41, 5.74) is -0.130. The molecule has 0 radical (unpaired) electrons. The number of aliphatic carboxylic acids is 1. The first kappa shape index (κ1) is 31.7. The summed E-state index contributed by atoms with van der Waals surface area (Å²) in [5, 5.41) is 48.2. The molecule has 2 aromatic rings. The summed E-state index contributed by atoms with van der Waals surface area (Å²) in [7, 11) is 0. The van der Waals surface area contributed by atoms with Crippen LogP contribution in [0, 0.1) is 17.6 Å². The van der Waals surface area contributed by atoms with E-state index in [1.54, 1.807) is 0 Å². The van der Waals surface area contributed by atoms with Crippen molar-refractivity contribution in [1.29, 1.82) is 0 Å². The summed E-state index contributed by atoms with van der Waals surface area (Å²) in [6.45, 7) is -1.32. The Bertz CT molecular complexity index is 1300. The van der Waals surface area contributed by atoms with E-state index in [0.29, 0.717) is 5.02 Å². The van der Waals surface area contributed by atoms with Crippen LogP contribution in [-0.4, -0.2) is 81.0 Å². The summed E-state index contributed by atoms with van der Waals surface area (Å²) in [6, 6.07) is 7.65. The lowest BCUT2D eigenvalue weighted by molar-refractivity contribution is -0.314. The molecule has 42 heavy (non-hydrogen) atoms. The highest BCUT2D eigenvalue weighted by Gasteiger charge is 2.56. The van der Waals surface area contributed by atoms with E-state index in [9.17, 15) is 43.6 Å². The summed E-state index contributed by atoms with van der Waals surface area (Å²) < 4.78 is 39.0. The molecule has 1 heterocycles. The van der Waals surface area contributed by atoms with E-state index in [1.807, 2.05) is 0 Å². The van der Waals surface area contributed by atoms with Crippen molar-refractivity contribution in [2.24, 2.45) is 5.92 Å². The Morgan fingerprint density at radius 3 is 2.45 bits per heavy atom. The molecule has 0 spiro atoms. The number of hydrogen-bond donors (Lipinski definition) is 6. The molecule has 228 valence electrons. The number of rotatable bonds is 12. The Labute approximate surface area is 244 Å². The molecule has 2 fully saturated rings. The van der Waals surface area contributed by atoms with Crippen molar-refractivity contribution in [1.82, 2.24) is 10.6 Å². The predicted octanol–water partition coefficient (Wildman–Crippen LogP) is 1.50. The minimum Gasteiger partial charge on any atom is -0.477 e. The van der Waals surface area contributed by atoms with Gasteiger partial charge in [-0.25, -0.2) is 13.6 Å². The fraction of sp³-hybridized carbons (Fsp3) is 0.464. The topological polar surface area (TPSA) is 175 Å². The van der Waals surface area contributed by atoms with Crippen molar-refractivity contribution in [3.05, 3.63) is 70.2 Å². The van der Waals surface area contributed by atoms with Gasteiger partial charge in [0.05, 0.1) is 24.9 Å². The molecule has 2 amide bonds. The van der Waals surface area contributed by atoms with E-state index in [0.717, 1.165) is 25.0 Å². The van der Waals surface area contributed by atoms with Crippen LogP contribution in [0.15, 0.2) is 42.5 Å². The Kier molecular flexibility index (Phi) is 10.1. The molecule has 11 nitrogen and oxygen atoms in total. The molecular formula is C28H31ClF2N2O9. The second-order valence-electron chi connectivity index (χ2n) is 10.4. The fourth-order valence-electron chi connectivity index (χ4n) is 4.64. The van der Waals surface area contributed by atoms with Crippen LogP contribution in [0.3, 0.4) is 0 Å². The lowest BCUT2D eigenvalue weighted by Gasteiger charge is -2.46. The lowest BCUT2D eigenvalue weighted by Crippen LogP contribution is -2.68. The van der Waals surface area contributed by atoms with Crippen LogP contribution >= 0.6 is 11.6 Å². The van der Waals surface area contributed by atoms with Crippen LogP contribution in [0.25, 0.3) is 0 Å². The Hall–Kier alpha value is -3.20. The summed E-state index contributed by atoms with van der Waals surface area (Å²) in [6.07, 6.45) is -6.12. The molecular weight excluding hydrogens is 582 g/mol. The Balaban J connectivity index is 1.53. The molecule has 0 aromatic heterocycles. The number of carbonyl (C=O) groups is 3. The third-order valence-corrected chi connectivity index (χ3v) is 7.45. The van der Waals surface area contributed by atoms with Crippen LogP contribution in [0.1, 0.15) is 41.6 Å². The van der Waals surface area contributed by atoms with Crippen LogP contribution in [0.5, 0.6) is 0 Å². The number of amides is 2. The second kappa shape index (κ2) is 13.4. The van der Waals surface area contributed by atoms with Crippen LogP contribution < -0.4 is 10.6 Å². The van der Waals surface area contributed by atoms with E-state index >= 15 is 0 Å². The molecule has 6 N–H and O–H groups in total. The zero-order valence-corrected chi connectivity index (χ0v) is 23.0. The normalized spacial score (nSPS) is 25.3. The smallest absolute Gasteiger partial charge is 0.364 e. The predicted molar refractivity (Wildman–Crippen MR) is 142 cm³/mol. The monoisotopic (exact) mass is 612 g/mol. The van der Waals surface area contributed by atoms with Crippen molar-refractivity contribution in [2.45, 2.75) is 68.5 Å².